The molecule has 0 aliphatic carbocycles. The van der Waals surface area contributed by atoms with Crippen molar-refractivity contribution in [1.82, 2.24) is 0 Å². The third-order valence-electron chi connectivity index (χ3n) is 5.03. The molecular formula is C20H16FNO5. The molecule has 1 amide bonds. The Morgan fingerprint density at radius 1 is 1.15 bits per heavy atom. The summed E-state index contributed by atoms with van der Waals surface area (Å²) in [5.74, 6) is -3.83. The van der Waals surface area contributed by atoms with Crippen LogP contribution in [0.3, 0.4) is 0 Å². The molecule has 0 aromatic heterocycles. The van der Waals surface area contributed by atoms with E-state index in [0.29, 0.717) is 11.3 Å². The molecular weight excluding hydrogens is 353 g/mol. The first-order valence-corrected chi connectivity index (χ1v) is 8.47. The van der Waals surface area contributed by atoms with Gasteiger partial charge in [0.05, 0.1) is 18.4 Å². The number of hydrogen-bond acceptors (Lipinski definition) is 5. The Morgan fingerprint density at radius 2 is 1.85 bits per heavy atom. The molecule has 2 aliphatic heterocycles. The number of esters is 2. The van der Waals surface area contributed by atoms with E-state index in [4.69, 9.17) is 9.47 Å². The highest BCUT2D eigenvalue weighted by Gasteiger charge is 2.51. The summed E-state index contributed by atoms with van der Waals surface area (Å²) in [6.07, 6.45) is -0.632. The highest BCUT2D eigenvalue weighted by molar-refractivity contribution is 6.12. The maximum Gasteiger partial charge on any atom is 0.342 e. The lowest BCUT2D eigenvalue weighted by Gasteiger charge is -2.44. The van der Waals surface area contributed by atoms with E-state index in [0.717, 1.165) is 0 Å². The van der Waals surface area contributed by atoms with Crippen LogP contribution in [0.15, 0.2) is 48.5 Å². The van der Waals surface area contributed by atoms with Gasteiger partial charge in [0.15, 0.2) is 6.23 Å². The van der Waals surface area contributed by atoms with Crippen LogP contribution < -0.4 is 4.90 Å². The van der Waals surface area contributed by atoms with E-state index in [-0.39, 0.29) is 12.0 Å². The monoisotopic (exact) mass is 369 g/mol. The molecule has 7 heteroatoms. The average Bonchev–Trinajstić information content (AvgIpc) is 2.68. The highest BCUT2D eigenvalue weighted by atomic mass is 19.1. The molecule has 27 heavy (non-hydrogen) atoms. The van der Waals surface area contributed by atoms with Gasteiger partial charge >= 0.3 is 11.9 Å². The Morgan fingerprint density at radius 3 is 2.56 bits per heavy atom. The summed E-state index contributed by atoms with van der Waals surface area (Å²) in [5.41, 5.74) is 1.29. The van der Waals surface area contributed by atoms with Crippen LogP contribution >= 0.6 is 0 Å². The highest BCUT2D eigenvalue weighted by Crippen LogP contribution is 2.43. The fourth-order valence-electron chi connectivity index (χ4n) is 3.77. The van der Waals surface area contributed by atoms with Crippen LogP contribution in [0, 0.1) is 11.7 Å². The van der Waals surface area contributed by atoms with Crippen molar-refractivity contribution in [2.24, 2.45) is 5.92 Å². The number of amides is 1. The second-order valence-corrected chi connectivity index (χ2v) is 6.48. The fourth-order valence-corrected chi connectivity index (χ4v) is 3.77. The largest absolute Gasteiger partial charge is 0.468 e. The number of carbonyl (C=O) groups is 3. The number of methoxy groups -OCH3 is 1. The van der Waals surface area contributed by atoms with Crippen LogP contribution in [0.2, 0.25) is 0 Å². The van der Waals surface area contributed by atoms with Crippen molar-refractivity contribution in [3.05, 3.63) is 65.5 Å². The van der Waals surface area contributed by atoms with Crippen molar-refractivity contribution in [3.63, 3.8) is 0 Å². The number of hydrogen-bond donors (Lipinski definition) is 0. The molecule has 2 heterocycles. The number of benzene rings is 2. The minimum Gasteiger partial charge on any atom is -0.468 e. The van der Waals surface area contributed by atoms with Crippen molar-refractivity contribution in [2.45, 2.75) is 18.6 Å². The van der Waals surface area contributed by atoms with Gasteiger partial charge in [-0.3, -0.25) is 14.5 Å². The van der Waals surface area contributed by atoms with Gasteiger partial charge < -0.3 is 9.47 Å². The Hall–Kier alpha value is -3.22. The summed E-state index contributed by atoms with van der Waals surface area (Å²) < 4.78 is 23.6. The summed E-state index contributed by atoms with van der Waals surface area (Å²) in [4.78, 5) is 39.3. The molecule has 4 rings (SSSR count). The predicted molar refractivity (Wildman–Crippen MR) is 92.4 cm³/mol. The van der Waals surface area contributed by atoms with E-state index in [1.807, 2.05) is 0 Å². The zero-order valence-corrected chi connectivity index (χ0v) is 14.4. The Labute approximate surface area is 154 Å². The minimum absolute atomic E-state index is 0.206. The molecule has 0 bridgehead atoms. The normalized spacial score (nSPS) is 23.9. The zero-order valence-electron chi connectivity index (χ0n) is 14.4. The summed E-state index contributed by atoms with van der Waals surface area (Å²) in [5, 5.41) is 0. The predicted octanol–water partition coefficient (Wildman–Crippen LogP) is 2.63. The second kappa shape index (κ2) is 6.50. The number of piperidine rings is 1. The standard InChI is InChI=1S/C20H16FNO5/c1-26-20(25)17-14(11-6-8-12(21)9-7-11)10-16-22(18(17)23)15-5-3-2-4-13(15)19(24)27-16/h2-9,14,16-17H,10H2,1H3/t14-,16+,17-/m1/s1. The number of fused-ring (bicyclic) bond motifs is 3. The lowest BCUT2D eigenvalue weighted by molar-refractivity contribution is -0.153. The fraction of sp³-hybridized carbons (Fsp3) is 0.250. The Bertz CT molecular complexity index is 926. The summed E-state index contributed by atoms with van der Waals surface area (Å²) >= 11 is 0. The third kappa shape index (κ3) is 2.75. The molecule has 0 saturated carbocycles. The van der Waals surface area contributed by atoms with E-state index in [1.54, 1.807) is 24.3 Å². The van der Waals surface area contributed by atoms with E-state index in [2.05, 4.69) is 0 Å². The number of halogens is 1. The topological polar surface area (TPSA) is 72.9 Å². The third-order valence-corrected chi connectivity index (χ3v) is 5.03. The number of ether oxygens (including phenoxy) is 2. The number of rotatable bonds is 2. The van der Waals surface area contributed by atoms with Gasteiger partial charge in [0.1, 0.15) is 11.7 Å². The van der Waals surface area contributed by atoms with Crippen molar-refractivity contribution >= 4 is 23.5 Å². The molecule has 0 radical (unpaired) electrons. The molecule has 6 nitrogen and oxygen atoms in total. The summed E-state index contributed by atoms with van der Waals surface area (Å²) in [6.45, 7) is 0. The van der Waals surface area contributed by atoms with E-state index in [1.165, 1.54) is 36.3 Å². The number of anilines is 1. The van der Waals surface area contributed by atoms with Crippen LogP contribution in [-0.2, 0) is 19.1 Å². The van der Waals surface area contributed by atoms with E-state index in [9.17, 15) is 18.8 Å². The number of nitrogens with zero attached hydrogens (tertiary/aromatic N) is 1. The average molecular weight is 369 g/mol. The first kappa shape index (κ1) is 17.2. The van der Waals surface area contributed by atoms with Crippen LogP contribution in [0.25, 0.3) is 0 Å². The number of carbonyl (C=O) groups excluding carboxylic acids is 3. The van der Waals surface area contributed by atoms with Crippen LogP contribution in [0.1, 0.15) is 28.3 Å². The van der Waals surface area contributed by atoms with Crippen molar-refractivity contribution in [2.75, 3.05) is 12.0 Å². The van der Waals surface area contributed by atoms with Crippen molar-refractivity contribution < 1.29 is 28.2 Å². The van der Waals surface area contributed by atoms with Crippen molar-refractivity contribution in [1.29, 1.82) is 0 Å². The lowest BCUT2D eigenvalue weighted by Crippen LogP contribution is -2.57. The van der Waals surface area contributed by atoms with Crippen LogP contribution in [0.5, 0.6) is 0 Å². The van der Waals surface area contributed by atoms with Gasteiger partial charge in [0.2, 0.25) is 5.91 Å². The first-order chi connectivity index (χ1) is 13.0. The number of para-hydroxylation sites is 1. The quantitative estimate of drug-likeness (QED) is 0.601. The van der Waals surface area contributed by atoms with Gasteiger partial charge in [0.25, 0.3) is 0 Å². The maximum absolute atomic E-state index is 13.3. The van der Waals surface area contributed by atoms with Gasteiger partial charge in [-0.1, -0.05) is 24.3 Å². The van der Waals surface area contributed by atoms with E-state index < -0.39 is 41.7 Å². The Kier molecular flexibility index (Phi) is 4.14. The van der Waals surface area contributed by atoms with Crippen LogP contribution in [-0.4, -0.2) is 31.2 Å². The van der Waals surface area contributed by atoms with Gasteiger partial charge in [0, 0.05) is 12.3 Å². The molecule has 1 fully saturated rings. The van der Waals surface area contributed by atoms with E-state index >= 15 is 0 Å². The minimum atomic E-state index is -1.11. The second-order valence-electron chi connectivity index (χ2n) is 6.48. The molecule has 1 saturated heterocycles. The van der Waals surface area contributed by atoms with Gasteiger partial charge in [-0.15, -0.1) is 0 Å². The summed E-state index contributed by atoms with van der Waals surface area (Å²) in [7, 11) is 1.22. The Balaban J connectivity index is 1.80. The van der Waals surface area contributed by atoms with Crippen molar-refractivity contribution in [3.8, 4) is 0 Å². The van der Waals surface area contributed by atoms with Crippen LogP contribution in [0.4, 0.5) is 10.1 Å². The van der Waals surface area contributed by atoms with Gasteiger partial charge in [-0.05, 0) is 29.8 Å². The molecule has 3 atom stereocenters. The van der Waals surface area contributed by atoms with Gasteiger partial charge in [-0.2, -0.15) is 0 Å². The molecule has 0 spiro atoms. The first-order valence-electron chi connectivity index (χ1n) is 8.47. The van der Waals surface area contributed by atoms with Gasteiger partial charge in [-0.25, -0.2) is 9.18 Å². The summed E-state index contributed by atoms with van der Waals surface area (Å²) in [6, 6.07) is 12.2. The molecule has 0 unspecified atom stereocenters. The molecule has 0 N–H and O–H groups in total. The molecule has 2 aromatic rings. The molecule has 2 aliphatic rings. The smallest absolute Gasteiger partial charge is 0.342 e. The lowest BCUT2D eigenvalue weighted by atomic mass is 9.78. The molecule has 2 aromatic carbocycles. The maximum atomic E-state index is 13.3. The molecule has 138 valence electrons. The zero-order chi connectivity index (χ0) is 19.1. The SMILES string of the molecule is COC(=O)[C@H]1C(=O)N2c3ccccc3C(=O)O[C@H]2C[C@@H]1c1ccc(F)cc1.